The van der Waals surface area contributed by atoms with Gasteiger partial charge in [-0.2, -0.15) is 5.26 Å². The summed E-state index contributed by atoms with van der Waals surface area (Å²) in [6, 6.07) is 6.61. The number of hydrogen-bond acceptors (Lipinski definition) is 5. The van der Waals surface area contributed by atoms with Gasteiger partial charge in [0.05, 0.1) is 28.7 Å². The number of H-pyrrole nitrogens is 1. The van der Waals surface area contributed by atoms with Crippen LogP contribution < -0.4 is 10.2 Å². The Kier molecular flexibility index (Phi) is 4.72. The number of halogens is 1. The van der Waals surface area contributed by atoms with Crippen molar-refractivity contribution in [1.29, 1.82) is 5.26 Å². The van der Waals surface area contributed by atoms with Crippen molar-refractivity contribution in [1.82, 2.24) is 15.3 Å². The maximum absolute atomic E-state index is 14.3. The Morgan fingerprint density at radius 2 is 2.27 bits per heavy atom. The van der Waals surface area contributed by atoms with Gasteiger partial charge < -0.3 is 19.9 Å². The molecule has 26 heavy (non-hydrogen) atoms. The van der Waals surface area contributed by atoms with Crippen molar-refractivity contribution in [3.05, 3.63) is 23.8 Å². The number of piperidine rings is 1. The quantitative estimate of drug-likeness (QED) is 0.860. The first-order chi connectivity index (χ1) is 12.2. The number of imidazole rings is 1. The lowest BCUT2D eigenvalue weighted by molar-refractivity contribution is 0.0465. The third kappa shape index (κ3) is 4.04. The highest BCUT2D eigenvalue weighted by Gasteiger charge is 2.32. The highest BCUT2D eigenvalue weighted by atomic mass is 19.1. The van der Waals surface area contributed by atoms with Crippen LogP contribution in [0.5, 0.6) is 0 Å². The lowest BCUT2D eigenvalue weighted by atomic mass is 10.0. The van der Waals surface area contributed by atoms with Gasteiger partial charge in [0, 0.05) is 13.1 Å². The number of amides is 1. The Labute approximate surface area is 151 Å². The van der Waals surface area contributed by atoms with E-state index in [1.54, 1.807) is 39.0 Å². The molecular formula is C18H22FN5O2. The molecule has 1 saturated heterocycles. The fourth-order valence-electron chi connectivity index (χ4n) is 2.93. The topological polar surface area (TPSA) is 94.0 Å². The third-order valence-electron chi connectivity index (χ3n) is 4.13. The zero-order valence-electron chi connectivity index (χ0n) is 15.0. The number of ether oxygens (including phenoxy) is 1. The number of aromatic amines is 1. The van der Waals surface area contributed by atoms with Gasteiger partial charge in [-0.15, -0.1) is 0 Å². The van der Waals surface area contributed by atoms with Gasteiger partial charge in [0.1, 0.15) is 11.8 Å². The summed E-state index contributed by atoms with van der Waals surface area (Å²) >= 11 is 0. The van der Waals surface area contributed by atoms with Gasteiger partial charge >= 0.3 is 6.09 Å². The van der Waals surface area contributed by atoms with E-state index in [2.05, 4.69) is 21.4 Å². The Bertz CT molecular complexity index is 851. The number of fused-ring (bicyclic) bond motifs is 1. The molecule has 0 aliphatic carbocycles. The molecule has 1 amide bonds. The summed E-state index contributed by atoms with van der Waals surface area (Å²) in [5, 5.41) is 11.6. The van der Waals surface area contributed by atoms with Gasteiger partial charge in [-0.1, -0.05) is 0 Å². The van der Waals surface area contributed by atoms with Crippen LogP contribution in [0.1, 0.15) is 32.8 Å². The summed E-state index contributed by atoms with van der Waals surface area (Å²) in [4.78, 5) is 21.5. The number of rotatable bonds is 2. The van der Waals surface area contributed by atoms with Gasteiger partial charge in [-0.25, -0.2) is 14.2 Å². The zero-order valence-corrected chi connectivity index (χ0v) is 15.0. The number of alkyl carbamates (subject to hydrolysis) is 1. The van der Waals surface area contributed by atoms with E-state index in [1.165, 1.54) is 0 Å². The normalized spacial score (nSPS) is 20.7. The molecule has 8 heteroatoms. The number of benzene rings is 1. The van der Waals surface area contributed by atoms with Crippen LogP contribution in [0.4, 0.5) is 15.1 Å². The number of carbonyl (C=O) groups is 1. The van der Waals surface area contributed by atoms with E-state index in [0.717, 1.165) is 11.0 Å². The van der Waals surface area contributed by atoms with Crippen molar-refractivity contribution < 1.29 is 13.9 Å². The van der Waals surface area contributed by atoms with Crippen molar-refractivity contribution in [3.63, 3.8) is 0 Å². The molecule has 1 aliphatic heterocycles. The average Bonchev–Trinajstić information content (AvgIpc) is 2.98. The molecule has 0 unspecified atom stereocenters. The SMILES string of the molecule is CC(C)(C)OC(=O)N[C@@H]1CN(c2nc3ccc(C#N)cc3[nH]2)CC[C@@H]1F. The summed E-state index contributed by atoms with van der Waals surface area (Å²) < 4.78 is 19.5. The molecule has 138 valence electrons. The number of aromatic nitrogens is 2. The summed E-state index contributed by atoms with van der Waals surface area (Å²) in [7, 11) is 0. The minimum absolute atomic E-state index is 0.279. The molecule has 2 N–H and O–H groups in total. The third-order valence-corrected chi connectivity index (χ3v) is 4.13. The van der Waals surface area contributed by atoms with Crippen LogP contribution in [0.3, 0.4) is 0 Å². The second-order valence-corrected chi connectivity index (χ2v) is 7.41. The highest BCUT2D eigenvalue weighted by Crippen LogP contribution is 2.23. The van der Waals surface area contributed by atoms with E-state index in [-0.39, 0.29) is 13.0 Å². The fourth-order valence-corrected chi connectivity index (χ4v) is 2.93. The van der Waals surface area contributed by atoms with Crippen LogP contribution in [0.2, 0.25) is 0 Å². The van der Waals surface area contributed by atoms with Crippen molar-refractivity contribution in [2.75, 3.05) is 18.0 Å². The number of alkyl halides is 1. The second-order valence-electron chi connectivity index (χ2n) is 7.41. The lowest BCUT2D eigenvalue weighted by Gasteiger charge is -2.35. The summed E-state index contributed by atoms with van der Waals surface area (Å²) in [5.41, 5.74) is 1.39. The molecule has 0 saturated carbocycles. The first kappa shape index (κ1) is 18.0. The average molecular weight is 359 g/mol. The smallest absolute Gasteiger partial charge is 0.408 e. The van der Waals surface area contributed by atoms with Crippen LogP contribution in [0.15, 0.2) is 18.2 Å². The van der Waals surface area contributed by atoms with Crippen molar-refractivity contribution in [2.24, 2.45) is 0 Å². The maximum atomic E-state index is 14.3. The molecule has 0 radical (unpaired) electrons. The fraction of sp³-hybridized carbons (Fsp3) is 0.500. The van der Waals surface area contributed by atoms with Crippen LogP contribution in [0.25, 0.3) is 11.0 Å². The number of anilines is 1. The van der Waals surface area contributed by atoms with Gasteiger partial charge in [0.2, 0.25) is 5.95 Å². The minimum Gasteiger partial charge on any atom is -0.444 e. The first-order valence-electron chi connectivity index (χ1n) is 8.53. The number of hydrogen-bond donors (Lipinski definition) is 2. The van der Waals surface area contributed by atoms with Gasteiger partial charge in [-0.3, -0.25) is 0 Å². The number of nitrogens with zero attached hydrogens (tertiary/aromatic N) is 3. The van der Waals surface area contributed by atoms with Crippen molar-refractivity contribution in [2.45, 2.75) is 45.0 Å². The molecular weight excluding hydrogens is 337 g/mol. The second kappa shape index (κ2) is 6.83. The van der Waals surface area contributed by atoms with Gasteiger partial charge in [0.25, 0.3) is 0 Å². The summed E-state index contributed by atoms with van der Waals surface area (Å²) in [6.07, 6.45) is -1.50. The van der Waals surface area contributed by atoms with E-state index >= 15 is 0 Å². The molecule has 2 aromatic rings. The van der Waals surface area contributed by atoms with Crippen LogP contribution in [-0.2, 0) is 4.74 Å². The maximum Gasteiger partial charge on any atom is 0.408 e. The number of nitriles is 1. The molecule has 3 rings (SSSR count). The Morgan fingerprint density at radius 1 is 1.50 bits per heavy atom. The van der Waals surface area contributed by atoms with Crippen molar-refractivity contribution >= 4 is 23.1 Å². The zero-order chi connectivity index (χ0) is 18.9. The molecule has 1 aliphatic rings. The molecule has 0 bridgehead atoms. The van der Waals surface area contributed by atoms with Gasteiger partial charge in [0.15, 0.2) is 0 Å². The van der Waals surface area contributed by atoms with E-state index in [9.17, 15) is 9.18 Å². The van der Waals surface area contributed by atoms with E-state index in [0.29, 0.717) is 18.1 Å². The monoisotopic (exact) mass is 359 g/mol. The van der Waals surface area contributed by atoms with Gasteiger partial charge in [-0.05, 0) is 45.4 Å². The highest BCUT2D eigenvalue weighted by molar-refractivity contribution is 5.79. The molecule has 2 atom stereocenters. The van der Waals surface area contributed by atoms with Crippen LogP contribution in [0, 0.1) is 11.3 Å². The molecule has 1 aromatic heterocycles. The van der Waals surface area contributed by atoms with E-state index < -0.39 is 23.9 Å². The Balaban J connectivity index is 1.73. The van der Waals surface area contributed by atoms with E-state index in [1.807, 2.05) is 4.90 Å². The van der Waals surface area contributed by atoms with Crippen molar-refractivity contribution in [3.8, 4) is 6.07 Å². The van der Waals surface area contributed by atoms with Crippen LogP contribution >= 0.6 is 0 Å². The predicted octanol–water partition coefficient (Wildman–Crippen LogP) is 2.88. The molecule has 1 fully saturated rings. The largest absolute Gasteiger partial charge is 0.444 e. The Morgan fingerprint density at radius 3 is 2.96 bits per heavy atom. The standard InChI is InChI=1S/C18H22FN5O2/c1-18(2,3)26-17(25)23-15-10-24(7-6-12(15)19)16-21-13-5-4-11(9-20)8-14(13)22-16/h4-5,8,12,15H,6-7,10H2,1-3H3,(H,21,22)(H,23,25)/t12-,15+/m0/s1. The molecule has 1 aromatic carbocycles. The molecule has 7 nitrogen and oxygen atoms in total. The Hall–Kier alpha value is -2.82. The number of nitrogens with one attached hydrogen (secondary N) is 2. The summed E-state index contributed by atoms with van der Waals surface area (Å²) in [6.45, 7) is 6.05. The lowest BCUT2D eigenvalue weighted by Crippen LogP contribution is -2.54. The number of carbonyl (C=O) groups excluding carboxylic acids is 1. The van der Waals surface area contributed by atoms with Crippen LogP contribution in [-0.4, -0.2) is 47.0 Å². The van der Waals surface area contributed by atoms with E-state index in [4.69, 9.17) is 10.00 Å². The molecule has 2 heterocycles. The first-order valence-corrected chi connectivity index (χ1v) is 8.53. The summed E-state index contributed by atoms with van der Waals surface area (Å²) in [5.74, 6) is 0.595. The molecule has 0 spiro atoms. The predicted molar refractivity (Wildman–Crippen MR) is 95.7 cm³/mol. The minimum atomic E-state index is -1.15.